The van der Waals surface area contributed by atoms with Gasteiger partial charge >= 0.3 is 0 Å². The van der Waals surface area contributed by atoms with Gasteiger partial charge in [-0.1, -0.05) is 36.5 Å². The summed E-state index contributed by atoms with van der Waals surface area (Å²) >= 11 is 4.19. The van der Waals surface area contributed by atoms with Crippen molar-refractivity contribution in [2.75, 3.05) is 19.5 Å². The quantitative estimate of drug-likeness (QED) is 0.295. The topological polar surface area (TPSA) is 81.4 Å². The Bertz CT molecular complexity index is 962. The molecule has 2 aromatic carbocycles. The molecule has 7 heteroatoms. The van der Waals surface area contributed by atoms with Gasteiger partial charge in [0, 0.05) is 35.6 Å². The van der Waals surface area contributed by atoms with E-state index < -0.39 is 0 Å². The number of nitrogens with two attached hydrogens (primary N) is 1. The Hall–Kier alpha value is -3.16. The van der Waals surface area contributed by atoms with Crippen molar-refractivity contribution in [1.82, 2.24) is 10.4 Å². The highest BCUT2D eigenvalue weighted by molar-refractivity contribution is 7.78. The van der Waals surface area contributed by atoms with E-state index in [0.29, 0.717) is 12.5 Å². The van der Waals surface area contributed by atoms with Crippen LogP contribution in [0.1, 0.15) is 16.8 Å². The van der Waals surface area contributed by atoms with Gasteiger partial charge in [-0.15, -0.1) is 0 Å². The van der Waals surface area contributed by atoms with Gasteiger partial charge in [0.1, 0.15) is 12.4 Å². The molecule has 3 rings (SSSR count). The van der Waals surface area contributed by atoms with Crippen LogP contribution in [-0.2, 0) is 6.61 Å². The molecule has 0 spiro atoms. The zero-order valence-electron chi connectivity index (χ0n) is 17.7. The van der Waals surface area contributed by atoms with Gasteiger partial charge in [-0.25, -0.2) is 4.98 Å². The molecule has 0 unspecified atom stereocenters. The summed E-state index contributed by atoms with van der Waals surface area (Å²) in [5.74, 6) is 6.09. The van der Waals surface area contributed by atoms with E-state index in [2.05, 4.69) is 58.9 Å². The molecular weight excluding hydrogens is 396 g/mol. The number of ether oxygens (including phenoxy) is 2. The van der Waals surface area contributed by atoms with Gasteiger partial charge in [0.05, 0.1) is 12.6 Å². The van der Waals surface area contributed by atoms with Crippen molar-refractivity contribution in [3.05, 3.63) is 71.4 Å². The van der Waals surface area contributed by atoms with E-state index in [4.69, 9.17) is 9.47 Å². The summed E-state index contributed by atoms with van der Waals surface area (Å²) in [7, 11) is 3.59. The van der Waals surface area contributed by atoms with Crippen molar-refractivity contribution in [3.63, 3.8) is 0 Å². The molecule has 1 heterocycles. The molecular formula is C23H28N4O2S. The molecule has 0 saturated carbocycles. The van der Waals surface area contributed by atoms with E-state index in [1.165, 1.54) is 11.1 Å². The lowest BCUT2D eigenvalue weighted by Crippen LogP contribution is -2.17. The number of aromatic nitrogens is 1. The number of anilines is 1. The largest absolute Gasteiger partial charge is 0.497 e. The number of methoxy groups -OCH3 is 1. The van der Waals surface area contributed by atoms with Gasteiger partial charge in [0.25, 0.3) is 0 Å². The normalized spacial score (nSPS) is 9.77. The number of nitrogens with one attached hydrogen (secondary N) is 2. The van der Waals surface area contributed by atoms with E-state index in [1.807, 2.05) is 50.4 Å². The average molecular weight is 425 g/mol. The monoisotopic (exact) mass is 424 g/mol. The fourth-order valence-electron chi connectivity index (χ4n) is 2.97. The summed E-state index contributed by atoms with van der Waals surface area (Å²) < 4.78 is 11.2. The van der Waals surface area contributed by atoms with Crippen molar-refractivity contribution in [1.29, 1.82) is 0 Å². The third kappa shape index (κ3) is 6.17. The zero-order chi connectivity index (χ0) is 21.9. The van der Waals surface area contributed by atoms with E-state index in [0.717, 1.165) is 33.8 Å². The molecule has 1 aromatic heterocycles. The molecule has 0 aliphatic heterocycles. The lowest BCUT2D eigenvalue weighted by molar-refractivity contribution is 0.293. The molecule has 0 saturated heterocycles. The number of hydrogen-bond donors (Lipinski definition) is 3. The minimum Gasteiger partial charge on any atom is -0.497 e. The van der Waals surface area contributed by atoms with Crippen molar-refractivity contribution in [3.8, 4) is 22.8 Å². The second-order valence-corrected chi connectivity index (χ2v) is 6.67. The molecule has 30 heavy (non-hydrogen) atoms. The fraction of sp³-hybridized carbons (Fsp3) is 0.217. The standard InChI is InChI=1S/C22H24N2O2.CH4N2S/c1-15-6-5-7-21(23-3)20(15)14-26-22-13-12-19(16(2)24-22)17-8-10-18(25-4)11-9-17;2-3-1-4/h5-13,23H,14H2,1-4H3;1H,2H2,(H,3,4). The first kappa shape index (κ1) is 23.1. The number of thiocarbonyl (C=S) groups is 1. The summed E-state index contributed by atoms with van der Waals surface area (Å²) in [5, 5.41) is 3.21. The van der Waals surface area contributed by atoms with Crippen LogP contribution in [0, 0.1) is 13.8 Å². The van der Waals surface area contributed by atoms with Crippen LogP contribution < -0.4 is 26.1 Å². The molecule has 158 valence electrons. The number of aryl methyl sites for hydroxylation is 2. The fourth-order valence-corrected chi connectivity index (χ4v) is 2.97. The zero-order valence-corrected chi connectivity index (χ0v) is 18.5. The number of hydrazine groups is 1. The molecule has 0 bridgehead atoms. The summed E-state index contributed by atoms with van der Waals surface area (Å²) in [5.41, 5.74) is 9.92. The summed E-state index contributed by atoms with van der Waals surface area (Å²) in [6, 6.07) is 18.1. The Kier molecular flexibility index (Phi) is 9.05. The predicted octanol–water partition coefficient (Wildman–Crippen LogP) is 4.40. The molecule has 0 aliphatic carbocycles. The van der Waals surface area contributed by atoms with E-state index >= 15 is 0 Å². The van der Waals surface area contributed by atoms with Crippen LogP contribution >= 0.6 is 12.2 Å². The maximum Gasteiger partial charge on any atom is 0.213 e. The van der Waals surface area contributed by atoms with Gasteiger partial charge in [-0.05, 0) is 49.2 Å². The Morgan fingerprint density at radius 2 is 1.77 bits per heavy atom. The second-order valence-electron chi connectivity index (χ2n) is 6.44. The Morgan fingerprint density at radius 3 is 2.33 bits per heavy atom. The Morgan fingerprint density at radius 1 is 1.07 bits per heavy atom. The molecule has 3 aromatic rings. The lowest BCUT2D eigenvalue weighted by atomic mass is 10.0. The molecule has 0 radical (unpaired) electrons. The Labute approximate surface area is 183 Å². The van der Waals surface area contributed by atoms with Gasteiger partial charge < -0.3 is 20.2 Å². The predicted molar refractivity (Wildman–Crippen MR) is 127 cm³/mol. The number of pyridine rings is 1. The molecule has 6 nitrogen and oxygen atoms in total. The van der Waals surface area contributed by atoms with Crippen LogP contribution in [0.5, 0.6) is 11.6 Å². The number of hydrogen-bond acceptors (Lipinski definition) is 6. The first-order valence-electron chi connectivity index (χ1n) is 9.45. The van der Waals surface area contributed by atoms with Crippen molar-refractivity contribution in [2.45, 2.75) is 20.5 Å². The minimum atomic E-state index is 0.483. The number of rotatable bonds is 7. The molecule has 0 aliphatic rings. The summed E-state index contributed by atoms with van der Waals surface area (Å²) in [6.45, 7) is 4.57. The van der Waals surface area contributed by atoms with E-state index in [-0.39, 0.29) is 0 Å². The van der Waals surface area contributed by atoms with Crippen LogP contribution in [0.25, 0.3) is 11.1 Å². The third-order valence-electron chi connectivity index (χ3n) is 4.57. The van der Waals surface area contributed by atoms with Gasteiger partial charge in [-0.2, -0.15) is 0 Å². The maximum atomic E-state index is 5.95. The SMILES string of the molecule is CNc1cccc(C)c1COc1ccc(-c2ccc(OC)cc2)c(C)n1.NNC=S. The lowest BCUT2D eigenvalue weighted by Gasteiger charge is -2.14. The van der Waals surface area contributed by atoms with Gasteiger partial charge in [0.2, 0.25) is 5.88 Å². The third-order valence-corrected chi connectivity index (χ3v) is 4.71. The van der Waals surface area contributed by atoms with Crippen LogP contribution in [0.15, 0.2) is 54.6 Å². The summed E-state index contributed by atoms with van der Waals surface area (Å²) in [6.07, 6.45) is 0. The van der Waals surface area contributed by atoms with Crippen LogP contribution in [0.2, 0.25) is 0 Å². The van der Waals surface area contributed by atoms with Crippen molar-refractivity contribution in [2.24, 2.45) is 5.84 Å². The molecule has 0 atom stereocenters. The highest BCUT2D eigenvalue weighted by Gasteiger charge is 2.08. The van der Waals surface area contributed by atoms with E-state index in [9.17, 15) is 0 Å². The average Bonchev–Trinajstić information content (AvgIpc) is 2.78. The number of nitrogens with zero attached hydrogens (tertiary/aromatic N) is 1. The van der Waals surface area contributed by atoms with Gasteiger partial charge in [0.15, 0.2) is 0 Å². The second kappa shape index (κ2) is 11.7. The smallest absolute Gasteiger partial charge is 0.213 e. The highest BCUT2D eigenvalue weighted by atomic mass is 32.1. The van der Waals surface area contributed by atoms with Crippen LogP contribution in [-0.4, -0.2) is 24.6 Å². The highest BCUT2D eigenvalue weighted by Crippen LogP contribution is 2.27. The van der Waals surface area contributed by atoms with Crippen molar-refractivity contribution < 1.29 is 9.47 Å². The Balaban J connectivity index is 0.000000735. The molecule has 4 N–H and O–H groups in total. The maximum absolute atomic E-state index is 5.95. The molecule has 0 fully saturated rings. The van der Waals surface area contributed by atoms with Gasteiger partial charge in [-0.3, -0.25) is 5.84 Å². The molecule has 0 amide bonds. The first-order chi connectivity index (χ1) is 14.5. The minimum absolute atomic E-state index is 0.483. The van der Waals surface area contributed by atoms with E-state index in [1.54, 1.807) is 7.11 Å². The van der Waals surface area contributed by atoms with Crippen LogP contribution in [0.3, 0.4) is 0 Å². The first-order valence-corrected chi connectivity index (χ1v) is 9.92. The summed E-state index contributed by atoms with van der Waals surface area (Å²) in [4.78, 5) is 4.62. The number of benzene rings is 2. The van der Waals surface area contributed by atoms with Crippen LogP contribution in [0.4, 0.5) is 5.69 Å². The van der Waals surface area contributed by atoms with Crippen molar-refractivity contribution >= 4 is 23.4 Å².